The molecule has 0 unspecified atom stereocenters. The number of hydrogen-bond donors (Lipinski definition) is 2. The summed E-state index contributed by atoms with van der Waals surface area (Å²) >= 11 is 0. The van der Waals surface area contributed by atoms with E-state index in [0.717, 1.165) is 25.9 Å². The molecule has 1 atom stereocenters. The van der Waals surface area contributed by atoms with E-state index in [4.69, 9.17) is 0 Å². The van der Waals surface area contributed by atoms with E-state index < -0.39 is 0 Å². The van der Waals surface area contributed by atoms with Gasteiger partial charge in [-0.3, -0.25) is 0 Å². The average molecular weight is 167 g/mol. The van der Waals surface area contributed by atoms with Crippen LogP contribution in [-0.4, -0.2) is 31.6 Å². The van der Waals surface area contributed by atoms with Crippen LogP contribution in [0, 0.1) is 0 Å². The van der Waals surface area contributed by atoms with Crippen molar-refractivity contribution in [3.05, 3.63) is 0 Å². The zero-order chi connectivity index (χ0) is 8.66. The van der Waals surface area contributed by atoms with E-state index in [9.17, 15) is 5.11 Å². The molecule has 0 amide bonds. The monoisotopic (exact) mass is 167 g/mol. The molecule has 2 N–H and O–H groups in total. The summed E-state index contributed by atoms with van der Waals surface area (Å²) in [6, 6.07) is 0. The Labute approximate surface area is 75.1 Å². The van der Waals surface area contributed by atoms with Gasteiger partial charge in [-0.1, -0.05) is 0 Å². The molecule has 1 saturated carbocycles. The van der Waals surface area contributed by atoms with Gasteiger partial charge in [0.05, 0.1) is 5.60 Å². The van der Waals surface area contributed by atoms with Crippen LogP contribution in [0.15, 0.2) is 0 Å². The highest BCUT2D eigenvalue weighted by atomic mass is 16.3. The Hall–Kier alpha value is -0.0151. The lowest BCUT2D eigenvalue weighted by molar-refractivity contribution is -0.0800. The first-order valence-electron chi connectivity index (χ1n) is 5.09. The van der Waals surface area contributed by atoms with Gasteiger partial charge >= 0.3 is 0 Å². The molecule has 2 aliphatic rings. The van der Waals surface area contributed by atoms with E-state index >= 15 is 0 Å². The summed E-state index contributed by atoms with van der Waals surface area (Å²) in [6.07, 6.45) is 5.66. The maximum absolute atomic E-state index is 10.3. The highest BCUT2D eigenvalue weighted by Crippen LogP contribution is 2.52. The summed E-state index contributed by atoms with van der Waals surface area (Å²) in [7, 11) is 2.23. The quantitative estimate of drug-likeness (QED) is 0.542. The van der Waals surface area contributed by atoms with Gasteiger partial charge in [0.25, 0.3) is 0 Å². The molecular formula is C9H18BNO. The molecule has 1 aliphatic heterocycles. The van der Waals surface area contributed by atoms with Gasteiger partial charge in [0.1, 0.15) is 7.85 Å². The van der Waals surface area contributed by atoms with Crippen LogP contribution >= 0.6 is 0 Å². The zero-order valence-electron chi connectivity index (χ0n) is 7.90. The normalized spacial score (nSPS) is 40.4. The molecule has 0 bridgehead atoms. The van der Waals surface area contributed by atoms with E-state index in [2.05, 4.69) is 13.2 Å². The summed E-state index contributed by atoms with van der Waals surface area (Å²) in [5.41, 5.74) is -0.333. The van der Waals surface area contributed by atoms with Crippen LogP contribution in [0.5, 0.6) is 0 Å². The molecule has 3 heteroatoms. The molecular weight excluding hydrogens is 149 g/mol. The van der Waals surface area contributed by atoms with Crippen LogP contribution in [0.2, 0.25) is 5.31 Å². The minimum absolute atomic E-state index is 0.156. The first-order chi connectivity index (χ1) is 5.66. The topological polar surface area (TPSA) is 32.3 Å². The minimum atomic E-state index is -0.333. The number of nitrogens with one attached hydrogen (secondary N) is 1. The van der Waals surface area contributed by atoms with Gasteiger partial charge in [-0.15, -0.1) is 0 Å². The van der Waals surface area contributed by atoms with Crippen molar-refractivity contribution in [3.63, 3.8) is 0 Å². The fourth-order valence-corrected chi connectivity index (χ4v) is 2.57. The minimum Gasteiger partial charge on any atom is -0.390 e. The zero-order valence-corrected chi connectivity index (χ0v) is 7.90. The Morgan fingerprint density at radius 3 is 2.33 bits per heavy atom. The third-order valence-electron chi connectivity index (χ3n) is 3.90. The van der Waals surface area contributed by atoms with Gasteiger partial charge in [-0.2, -0.15) is 0 Å². The van der Waals surface area contributed by atoms with Gasteiger partial charge < -0.3 is 10.4 Å². The molecule has 0 radical (unpaired) electrons. The van der Waals surface area contributed by atoms with Gasteiger partial charge in [0.2, 0.25) is 0 Å². The fourth-order valence-electron chi connectivity index (χ4n) is 2.57. The number of hydrogen-bond acceptors (Lipinski definition) is 2. The van der Waals surface area contributed by atoms with Crippen LogP contribution in [0.3, 0.4) is 0 Å². The van der Waals surface area contributed by atoms with Crippen LogP contribution < -0.4 is 5.32 Å². The number of rotatable bonds is 1. The highest BCUT2D eigenvalue weighted by Gasteiger charge is 2.50. The SMILES string of the molecule is B[C@@]1(C2(O)CCC2)CCCNC1. The molecule has 1 heterocycles. The van der Waals surface area contributed by atoms with E-state index in [1.807, 2.05) is 0 Å². The van der Waals surface area contributed by atoms with Crippen LogP contribution in [-0.2, 0) is 0 Å². The second-order valence-corrected chi connectivity index (χ2v) is 4.73. The number of aliphatic hydroxyl groups is 1. The molecule has 1 aliphatic carbocycles. The third kappa shape index (κ3) is 1.11. The molecule has 12 heavy (non-hydrogen) atoms. The summed E-state index contributed by atoms with van der Waals surface area (Å²) < 4.78 is 0. The van der Waals surface area contributed by atoms with E-state index in [1.54, 1.807) is 0 Å². The fraction of sp³-hybridized carbons (Fsp3) is 1.00. The molecule has 1 saturated heterocycles. The highest BCUT2D eigenvalue weighted by molar-refractivity contribution is 6.16. The lowest BCUT2D eigenvalue weighted by atomic mass is 9.49. The van der Waals surface area contributed by atoms with Crippen molar-refractivity contribution < 1.29 is 5.11 Å². The lowest BCUT2D eigenvalue weighted by Gasteiger charge is -2.53. The first-order valence-corrected chi connectivity index (χ1v) is 5.09. The van der Waals surface area contributed by atoms with Crippen molar-refractivity contribution in [2.24, 2.45) is 0 Å². The van der Waals surface area contributed by atoms with Crippen molar-refractivity contribution in [2.45, 2.75) is 43.0 Å². The lowest BCUT2D eigenvalue weighted by Crippen LogP contribution is -2.55. The molecule has 2 nitrogen and oxygen atoms in total. The Kier molecular flexibility index (Phi) is 1.96. The molecule has 2 rings (SSSR count). The van der Waals surface area contributed by atoms with Gasteiger partial charge in [0.15, 0.2) is 0 Å². The Bertz CT molecular complexity index is 173. The third-order valence-corrected chi connectivity index (χ3v) is 3.90. The van der Waals surface area contributed by atoms with E-state index in [-0.39, 0.29) is 10.9 Å². The maximum Gasteiger partial charge on any atom is 0.114 e. The summed E-state index contributed by atoms with van der Waals surface area (Å²) in [6.45, 7) is 2.13. The largest absolute Gasteiger partial charge is 0.390 e. The number of piperidine rings is 1. The predicted molar refractivity (Wildman–Crippen MR) is 52.1 cm³/mol. The van der Waals surface area contributed by atoms with Crippen LogP contribution in [0.4, 0.5) is 0 Å². The van der Waals surface area contributed by atoms with Crippen molar-refractivity contribution in [2.75, 3.05) is 13.1 Å². The van der Waals surface area contributed by atoms with Crippen molar-refractivity contribution in [1.29, 1.82) is 0 Å². The summed E-state index contributed by atoms with van der Waals surface area (Å²) in [4.78, 5) is 0. The summed E-state index contributed by atoms with van der Waals surface area (Å²) in [5.74, 6) is 0. The van der Waals surface area contributed by atoms with Gasteiger partial charge in [-0.25, -0.2) is 0 Å². The van der Waals surface area contributed by atoms with E-state index in [1.165, 1.54) is 19.3 Å². The molecule has 68 valence electrons. The molecule has 0 aromatic carbocycles. The second kappa shape index (κ2) is 2.74. The standard InChI is InChI=1S/C9H18BNO/c10-8(3-2-6-11-7-8)9(12)4-1-5-9/h11-12H,1-7,10H2/t8-/m0/s1. The smallest absolute Gasteiger partial charge is 0.114 e. The van der Waals surface area contributed by atoms with Crippen molar-refractivity contribution in [1.82, 2.24) is 5.32 Å². The average Bonchev–Trinajstić information content (AvgIpc) is 2.01. The first kappa shape index (κ1) is 8.58. The molecule has 0 spiro atoms. The Balaban J connectivity index is 2.07. The summed E-state index contributed by atoms with van der Waals surface area (Å²) in [5, 5.41) is 13.8. The Morgan fingerprint density at radius 2 is 1.92 bits per heavy atom. The van der Waals surface area contributed by atoms with Crippen LogP contribution in [0.1, 0.15) is 32.1 Å². The second-order valence-electron chi connectivity index (χ2n) is 4.73. The molecule has 0 aromatic heterocycles. The van der Waals surface area contributed by atoms with Crippen molar-refractivity contribution >= 4 is 7.85 Å². The Morgan fingerprint density at radius 1 is 1.17 bits per heavy atom. The molecule has 2 fully saturated rings. The molecule has 0 aromatic rings. The predicted octanol–water partition coefficient (Wildman–Crippen LogP) is 0.0766. The van der Waals surface area contributed by atoms with Gasteiger partial charge in [-0.05, 0) is 50.5 Å². The van der Waals surface area contributed by atoms with E-state index in [0.29, 0.717) is 0 Å². The van der Waals surface area contributed by atoms with Crippen molar-refractivity contribution in [3.8, 4) is 0 Å². The van der Waals surface area contributed by atoms with Gasteiger partial charge in [0, 0.05) is 0 Å². The van der Waals surface area contributed by atoms with Crippen LogP contribution in [0.25, 0.3) is 0 Å². The maximum atomic E-state index is 10.3.